The molecule has 4 nitrogen and oxygen atoms in total. The van der Waals surface area contributed by atoms with Crippen molar-refractivity contribution in [1.29, 1.82) is 0 Å². The number of carboxylic acids is 1. The zero-order chi connectivity index (χ0) is 11.8. The second-order valence-corrected chi connectivity index (χ2v) is 5.63. The maximum atomic E-state index is 10.8. The predicted molar refractivity (Wildman–Crippen MR) is 70.0 cm³/mol. The highest BCUT2D eigenvalue weighted by atomic mass is 32.2. The van der Waals surface area contributed by atoms with Crippen LogP contribution in [-0.2, 0) is 4.79 Å². The van der Waals surface area contributed by atoms with E-state index in [2.05, 4.69) is 9.98 Å². The van der Waals surface area contributed by atoms with E-state index in [-0.39, 0.29) is 0 Å². The van der Waals surface area contributed by atoms with Gasteiger partial charge in [-0.3, -0.25) is 4.99 Å². The molecule has 2 aromatic rings. The van der Waals surface area contributed by atoms with Crippen molar-refractivity contribution in [3.05, 3.63) is 29.3 Å². The van der Waals surface area contributed by atoms with Gasteiger partial charge in [0.1, 0.15) is 10.1 Å². The molecule has 0 fully saturated rings. The van der Waals surface area contributed by atoms with Crippen LogP contribution in [0.25, 0.3) is 10.2 Å². The molecular formula is C11H8N2O2S2. The van der Waals surface area contributed by atoms with Gasteiger partial charge in [0.15, 0.2) is 6.04 Å². The number of para-hydroxylation sites is 1. The standard InChI is InChI=1S/C11H8N2O2S2/c14-11(15)7-5-16-9(13-7)10-12-6-3-1-2-4-8(6)17-10/h1-4,7H,5H2,(H,14,15). The molecule has 0 bridgehead atoms. The molecule has 86 valence electrons. The van der Waals surface area contributed by atoms with Crippen LogP contribution in [0.15, 0.2) is 29.3 Å². The number of rotatable bonds is 2. The maximum absolute atomic E-state index is 10.8. The van der Waals surface area contributed by atoms with Crippen molar-refractivity contribution < 1.29 is 9.90 Å². The molecule has 3 rings (SSSR count). The number of thiazole rings is 1. The van der Waals surface area contributed by atoms with Crippen molar-refractivity contribution in [3.8, 4) is 0 Å². The molecule has 0 aliphatic carbocycles. The fraction of sp³-hybridized carbons (Fsp3) is 0.182. The van der Waals surface area contributed by atoms with Gasteiger partial charge in [0, 0.05) is 5.75 Å². The van der Waals surface area contributed by atoms with Gasteiger partial charge in [0.2, 0.25) is 0 Å². The molecular weight excluding hydrogens is 256 g/mol. The topological polar surface area (TPSA) is 62.5 Å². The summed E-state index contributed by atoms with van der Waals surface area (Å²) in [5.74, 6) is -0.366. The summed E-state index contributed by atoms with van der Waals surface area (Å²) in [4.78, 5) is 19.5. The van der Waals surface area contributed by atoms with Gasteiger partial charge in [-0.2, -0.15) is 0 Å². The van der Waals surface area contributed by atoms with Crippen LogP contribution in [0.1, 0.15) is 5.01 Å². The van der Waals surface area contributed by atoms with Gasteiger partial charge >= 0.3 is 5.97 Å². The molecule has 1 N–H and O–H groups in total. The fourth-order valence-electron chi connectivity index (χ4n) is 1.58. The average Bonchev–Trinajstić information content (AvgIpc) is 2.95. The molecule has 1 aliphatic rings. The lowest BCUT2D eigenvalue weighted by atomic mass is 10.3. The molecule has 1 unspecified atom stereocenters. The number of fused-ring (bicyclic) bond motifs is 1. The Morgan fingerprint density at radius 1 is 1.41 bits per heavy atom. The van der Waals surface area contributed by atoms with Gasteiger partial charge in [-0.15, -0.1) is 23.1 Å². The lowest BCUT2D eigenvalue weighted by molar-refractivity contribution is -0.137. The molecule has 0 radical (unpaired) electrons. The molecule has 0 saturated carbocycles. The second-order valence-electron chi connectivity index (χ2n) is 3.59. The summed E-state index contributed by atoms with van der Waals surface area (Å²) in [6, 6.07) is 7.24. The number of hydrogen-bond acceptors (Lipinski definition) is 5. The summed E-state index contributed by atoms with van der Waals surface area (Å²) in [5.41, 5.74) is 0.939. The third-order valence-electron chi connectivity index (χ3n) is 2.41. The highest BCUT2D eigenvalue weighted by molar-refractivity contribution is 8.15. The largest absolute Gasteiger partial charge is 0.480 e. The quantitative estimate of drug-likeness (QED) is 0.903. The molecule has 2 heterocycles. The summed E-state index contributed by atoms with van der Waals surface area (Å²) in [5, 5.41) is 10.4. The van der Waals surface area contributed by atoms with Crippen molar-refractivity contribution in [3.63, 3.8) is 0 Å². The molecule has 0 spiro atoms. The SMILES string of the molecule is O=C(O)C1CSC(c2nc3ccccc3s2)=N1. The highest BCUT2D eigenvalue weighted by Crippen LogP contribution is 2.29. The number of aliphatic carboxylic acids is 1. The number of thioether (sulfide) groups is 1. The van der Waals surface area contributed by atoms with Crippen LogP contribution in [0.4, 0.5) is 0 Å². The van der Waals surface area contributed by atoms with Gasteiger partial charge in [-0.25, -0.2) is 9.78 Å². The number of carboxylic acid groups (broad SMARTS) is 1. The van der Waals surface area contributed by atoms with E-state index >= 15 is 0 Å². The van der Waals surface area contributed by atoms with Gasteiger partial charge in [0.25, 0.3) is 0 Å². The van der Waals surface area contributed by atoms with Gasteiger partial charge in [-0.05, 0) is 12.1 Å². The normalized spacial score (nSPS) is 19.5. The maximum Gasteiger partial charge on any atom is 0.329 e. The zero-order valence-corrected chi connectivity index (χ0v) is 10.3. The Hall–Kier alpha value is -1.40. The number of benzene rings is 1. The summed E-state index contributed by atoms with van der Waals surface area (Å²) < 4.78 is 1.10. The average molecular weight is 264 g/mol. The number of nitrogens with zero attached hydrogens (tertiary/aromatic N) is 2. The van der Waals surface area contributed by atoms with E-state index in [9.17, 15) is 4.79 Å². The first-order valence-electron chi connectivity index (χ1n) is 5.03. The monoisotopic (exact) mass is 264 g/mol. The molecule has 1 aliphatic heterocycles. The molecule has 0 saturated heterocycles. The number of aromatic nitrogens is 1. The van der Waals surface area contributed by atoms with Crippen LogP contribution >= 0.6 is 23.1 Å². The fourth-order valence-corrected chi connectivity index (χ4v) is 3.64. The smallest absolute Gasteiger partial charge is 0.329 e. The summed E-state index contributed by atoms with van der Waals surface area (Å²) in [6.07, 6.45) is 0. The number of carbonyl (C=O) groups is 1. The summed E-state index contributed by atoms with van der Waals surface area (Å²) in [6.45, 7) is 0. The minimum atomic E-state index is -0.867. The van der Waals surface area contributed by atoms with Crippen LogP contribution in [0.3, 0.4) is 0 Å². The van der Waals surface area contributed by atoms with Crippen molar-refractivity contribution in [2.75, 3.05) is 5.75 Å². The Bertz CT molecular complexity index is 588. The first-order valence-corrected chi connectivity index (χ1v) is 6.83. The predicted octanol–water partition coefficient (Wildman–Crippen LogP) is 2.24. The van der Waals surface area contributed by atoms with Crippen molar-refractivity contribution in [2.24, 2.45) is 4.99 Å². The third-order valence-corrected chi connectivity index (χ3v) is 4.64. The Morgan fingerprint density at radius 2 is 2.24 bits per heavy atom. The molecule has 1 atom stereocenters. The Balaban J connectivity index is 1.99. The second kappa shape index (κ2) is 4.12. The van der Waals surface area contributed by atoms with E-state index in [0.29, 0.717) is 5.75 Å². The first-order chi connectivity index (χ1) is 8.24. The van der Waals surface area contributed by atoms with Crippen molar-refractivity contribution in [1.82, 2.24) is 4.98 Å². The van der Waals surface area contributed by atoms with Crippen molar-refractivity contribution >= 4 is 44.3 Å². The Labute approximate surface area is 105 Å². The van der Waals surface area contributed by atoms with E-state index in [1.54, 1.807) is 11.3 Å². The molecule has 1 aromatic heterocycles. The van der Waals surface area contributed by atoms with Crippen LogP contribution in [0.5, 0.6) is 0 Å². The minimum Gasteiger partial charge on any atom is -0.480 e. The van der Waals surface area contributed by atoms with Gasteiger partial charge in [0.05, 0.1) is 10.2 Å². The Kier molecular flexibility index (Phi) is 2.60. The van der Waals surface area contributed by atoms with E-state index < -0.39 is 12.0 Å². The van der Waals surface area contributed by atoms with Crippen LogP contribution in [-0.4, -0.2) is 32.9 Å². The van der Waals surface area contributed by atoms with Crippen molar-refractivity contribution in [2.45, 2.75) is 6.04 Å². The lowest BCUT2D eigenvalue weighted by Gasteiger charge is -1.93. The number of hydrogen-bond donors (Lipinski definition) is 1. The van der Waals surface area contributed by atoms with Gasteiger partial charge in [-0.1, -0.05) is 12.1 Å². The summed E-state index contributed by atoms with van der Waals surface area (Å²) >= 11 is 3.02. The molecule has 1 aromatic carbocycles. The lowest BCUT2D eigenvalue weighted by Crippen LogP contribution is -2.17. The van der Waals surface area contributed by atoms with Crippen LogP contribution < -0.4 is 0 Å². The first kappa shape index (κ1) is 10.7. The summed E-state index contributed by atoms with van der Waals surface area (Å²) in [7, 11) is 0. The highest BCUT2D eigenvalue weighted by Gasteiger charge is 2.26. The van der Waals surface area contributed by atoms with E-state index in [4.69, 9.17) is 5.11 Å². The van der Waals surface area contributed by atoms with Gasteiger partial charge < -0.3 is 5.11 Å². The molecule has 0 amide bonds. The Morgan fingerprint density at radius 3 is 2.94 bits per heavy atom. The minimum absolute atomic E-state index is 0.501. The number of aliphatic imine (C=N–C) groups is 1. The molecule has 6 heteroatoms. The molecule has 17 heavy (non-hydrogen) atoms. The van der Waals surface area contributed by atoms with Crippen LogP contribution in [0.2, 0.25) is 0 Å². The van der Waals surface area contributed by atoms with Crippen LogP contribution in [0, 0.1) is 0 Å². The van der Waals surface area contributed by atoms with E-state index in [1.807, 2.05) is 24.3 Å². The van der Waals surface area contributed by atoms with E-state index in [1.165, 1.54) is 11.8 Å². The zero-order valence-electron chi connectivity index (χ0n) is 8.66. The third kappa shape index (κ3) is 1.94. The van der Waals surface area contributed by atoms with E-state index in [0.717, 1.165) is 20.3 Å².